The van der Waals surface area contributed by atoms with Crippen LogP contribution in [0.15, 0.2) is 60.0 Å². The van der Waals surface area contributed by atoms with E-state index in [0.717, 1.165) is 12.1 Å². The molecule has 23 heavy (non-hydrogen) atoms. The fourth-order valence-electron chi connectivity index (χ4n) is 2.23. The number of sulfonamides is 1. The number of hydrogen-bond donors (Lipinski definition) is 0. The van der Waals surface area contributed by atoms with E-state index in [1.807, 2.05) is 0 Å². The predicted molar refractivity (Wildman–Crippen MR) is 83.7 cm³/mol. The Kier molecular flexibility index (Phi) is 3.96. The Hall–Kier alpha value is -2.54. The van der Waals surface area contributed by atoms with E-state index in [1.165, 1.54) is 22.5 Å². The van der Waals surface area contributed by atoms with Crippen LogP contribution in [0.2, 0.25) is 0 Å². The first-order valence-electron chi connectivity index (χ1n) is 6.81. The molecule has 2 aromatic carbocycles. The molecule has 3 rings (SSSR count). The smallest absolute Gasteiger partial charge is 0.264 e. The maximum absolute atomic E-state index is 13.0. The summed E-state index contributed by atoms with van der Waals surface area (Å²) < 4.78 is 50.4. The third kappa shape index (κ3) is 2.87. The van der Waals surface area contributed by atoms with Gasteiger partial charge in [-0.2, -0.15) is 0 Å². The largest absolute Gasteiger partial charge is 0.454 e. The van der Waals surface area contributed by atoms with E-state index in [0.29, 0.717) is 17.2 Å². The van der Waals surface area contributed by atoms with Crippen LogP contribution in [-0.4, -0.2) is 21.8 Å². The van der Waals surface area contributed by atoms with Gasteiger partial charge in [-0.25, -0.2) is 12.8 Å². The quantitative estimate of drug-likeness (QED) is 0.789. The summed E-state index contributed by atoms with van der Waals surface area (Å²) in [6.07, 6.45) is 1.48. The molecule has 0 atom stereocenters. The first kappa shape index (κ1) is 15.4. The third-order valence-corrected chi connectivity index (χ3v) is 5.15. The summed E-state index contributed by atoms with van der Waals surface area (Å²) in [6, 6.07) is 9.54. The van der Waals surface area contributed by atoms with Crippen LogP contribution in [-0.2, 0) is 10.0 Å². The Morgan fingerprint density at radius 1 is 1.13 bits per heavy atom. The molecule has 120 valence electrons. The molecule has 0 saturated heterocycles. The van der Waals surface area contributed by atoms with Crippen molar-refractivity contribution in [1.29, 1.82) is 0 Å². The number of halogens is 1. The molecule has 0 aliphatic carbocycles. The first-order valence-corrected chi connectivity index (χ1v) is 8.25. The van der Waals surface area contributed by atoms with Crippen molar-refractivity contribution in [3.05, 3.63) is 60.9 Å². The van der Waals surface area contributed by atoms with Crippen LogP contribution in [0.3, 0.4) is 0 Å². The highest BCUT2D eigenvalue weighted by atomic mass is 32.2. The summed E-state index contributed by atoms with van der Waals surface area (Å²) in [6.45, 7) is 3.77. The Morgan fingerprint density at radius 3 is 2.52 bits per heavy atom. The standard InChI is InChI=1S/C16H14FNO4S/c1-2-9-18(13-5-8-15-16(10-13)22-11-21-15)23(19,20)14-6-3-12(17)4-7-14/h2-8,10H,1,9,11H2. The number of nitrogens with zero attached hydrogens (tertiary/aromatic N) is 1. The van der Waals surface area contributed by atoms with Crippen molar-refractivity contribution in [2.45, 2.75) is 4.90 Å². The molecule has 1 aliphatic rings. The van der Waals surface area contributed by atoms with Gasteiger partial charge in [-0.05, 0) is 36.4 Å². The average molecular weight is 335 g/mol. The number of anilines is 1. The zero-order valence-electron chi connectivity index (χ0n) is 12.1. The van der Waals surface area contributed by atoms with E-state index in [9.17, 15) is 12.8 Å². The Labute approximate surface area is 133 Å². The molecule has 7 heteroatoms. The molecule has 1 heterocycles. The van der Waals surface area contributed by atoms with Gasteiger partial charge in [0, 0.05) is 6.07 Å². The highest BCUT2D eigenvalue weighted by Gasteiger charge is 2.26. The second-order valence-electron chi connectivity index (χ2n) is 4.82. The summed E-state index contributed by atoms with van der Waals surface area (Å²) in [5.41, 5.74) is 0.415. The minimum absolute atomic E-state index is 0.00147. The van der Waals surface area contributed by atoms with Crippen LogP contribution >= 0.6 is 0 Å². The van der Waals surface area contributed by atoms with Crippen LogP contribution < -0.4 is 13.8 Å². The molecule has 2 aromatic rings. The highest BCUT2D eigenvalue weighted by molar-refractivity contribution is 7.92. The van der Waals surface area contributed by atoms with Gasteiger partial charge in [-0.15, -0.1) is 6.58 Å². The predicted octanol–water partition coefficient (Wildman–Crippen LogP) is 2.94. The third-order valence-electron chi connectivity index (χ3n) is 3.34. The van der Waals surface area contributed by atoms with E-state index in [1.54, 1.807) is 18.2 Å². The number of ether oxygens (including phenoxy) is 2. The van der Waals surface area contributed by atoms with Crippen LogP contribution in [0.5, 0.6) is 11.5 Å². The Bertz CT molecular complexity index is 834. The lowest BCUT2D eigenvalue weighted by molar-refractivity contribution is 0.174. The lowest BCUT2D eigenvalue weighted by Crippen LogP contribution is -2.31. The van der Waals surface area contributed by atoms with Crippen LogP contribution in [0, 0.1) is 5.82 Å². The van der Waals surface area contributed by atoms with Crippen molar-refractivity contribution < 1.29 is 22.3 Å². The molecule has 0 amide bonds. The van der Waals surface area contributed by atoms with E-state index in [4.69, 9.17) is 9.47 Å². The number of fused-ring (bicyclic) bond motifs is 1. The first-order chi connectivity index (χ1) is 11.0. The van der Waals surface area contributed by atoms with Crippen molar-refractivity contribution in [2.24, 2.45) is 0 Å². The van der Waals surface area contributed by atoms with Gasteiger partial charge in [0.15, 0.2) is 11.5 Å². The summed E-state index contributed by atoms with van der Waals surface area (Å²) in [5, 5.41) is 0. The maximum atomic E-state index is 13.0. The Balaban J connectivity index is 2.04. The number of benzene rings is 2. The van der Waals surface area contributed by atoms with E-state index in [-0.39, 0.29) is 18.2 Å². The number of hydrogen-bond acceptors (Lipinski definition) is 4. The van der Waals surface area contributed by atoms with Gasteiger partial charge in [0.25, 0.3) is 10.0 Å². The van der Waals surface area contributed by atoms with Gasteiger partial charge in [0.05, 0.1) is 17.1 Å². The average Bonchev–Trinajstić information content (AvgIpc) is 3.00. The summed E-state index contributed by atoms with van der Waals surface area (Å²) >= 11 is 0. The van der Waals surface area contributed by atoms with Gasteiger partial charge in [-0.1, -0.05) is 6.08 Å². The van der Waals surface area contributed by atoms with Crippen molar-refractivity contribution in [1.82, 2.24) is 0 Å². The molecule has 0 radical (unpaired) electrons. The van der Waals surface area contributed by atoms with Crippen molar-refractivity contribution in [2.75, 3.05) is 17.6 Å². The second-order valence-corrected chi connectivity index (χ2v) is 6.68. The maximum Gasteiger partial charge on any atom is 0.264 e. The Morgan fingerprint density at radius 2 is 1.83 bits per heavy atom. The molecule has 0 aromatic heterocycles. The van der Waals surface area contributed by atoms with Crippen LogP contribution in [0.1, 0.15) is 0 Å². The molecule has 0 fully saturated rings. The van der Waals surface area contributed by atoms with Gasteiger partial charge in [-0.3, -0.25) is 4.31 Å². The summed E-state index contributed by atoms with van der Waals surface area (Å²) in [5.74, 6) is 0.541. The lowest BCUT2D eigenvalue weighted by Gasteiger charge is -2.23. The van der Waals surface area contributed by atoms with Crippen molar-refractivity contribution >= 4 is 15.7 Å². The highest BCUT2D eigenvalue weighted by Crippen LogP contribution is 2.36. The zero-order valence-corrected chi connectivity index (χ0v) is 12.9. The van der Waals surface area contributed by atoms with Gasteiger partial charge < -0.3 is 9.47 Å². The minimum atomic E-state index is -3.85. The van der Waals surface area contributed by atoms with Gasteiger partial charge in [0.1, 0.15) is 5.82 Å². The monoisotopic (exact) mass is 335 g/mol. The molecule has 0 N–H and O–H groups in total. The molecule has 0 unspecified atom stereocenters. The zero-order chi connectivity index (χ0) is 16.4. The van der Waals surface area contributed by atoms with Crippen LogP contribution in [0.4, 0.5) is 10.1 Å². The van der Waals surface area contributed by atoms with Crippen LogP contribution in [0.25, 0.3) is 0 Å². The molecule has 0 spiro atoms. The molecule has 1 aliphatic heterocycles. The van der Waals surface area contributed by atoms with E-state index in [2.05, 4.69) is 6.58 Å². The molecular weight excluding hydrogens is 321 g/mol. The number of rotatable bonds is 5. The summed E-state index contributed by atoms with van der Waals surface area (Å²) in [4.78, 5) is -0.00147. The fraction of sp³-hybridized carbons (Fsp3) is 0.125. The van der Waals surface area contributed by atoms with Crippen molar-refractivity contribution in [3.8, 4) is 11.5 Å². The second kappa shape index (κ2) is 5.92. The lowest BCUT2D eigenvalue weighted by atomic mass is 10.3. The molecule has 0 bridgehead atoms. The molecular formula is C16H14FNO4S. The van der Waals surface area contributed by atoms with E-state index < -0.39 is 15.8 Å². The van der Waals surface area contributed by atoms with Gasteiger partial charge in [0.2, 0.25) is 6.79 Å². The minimum Gasteiger partial charge on any atom is -0.454 e. The SMILES string of the molecule is C=CCN(c1ccc2c(c1)OCO2)S(=O)(=O)c1ccc(F)cc1. The van der Waals surface area contributed by atoms with Crippen molar-refractivity contribution in [3.63, 3.8) is 0 Å². The van der Waals surface area contributed by atoms with E-state index >= 15 is 0 Å². The molecule has 5 nitrogen and oxygen atoms in total. The fourth-order valence-corrected chi connectivity index (χ4v) is 3.66. The topological polar surface area (TPSA) is 55.8 Å². The normalized spacial score (nSPS) is 12.9. The summed E-state index contributed by atoms with van der Waals surface area (Å²) in [7, 11) is -3.85. The van der Waals surface area contributed by atoms with Gasteiger partial charge >= 0.3 is 0 Å². The molecule has 0 saturated carbocycles.